The van der Waals surface area contributed by atoms with Gasteiger partial charge < -0.3 is 9.84 Å². The maximum atomic E-state index is 12.9. The first-order valence-corrected chi connectivity index (χ1v) is 10.9. The molecule has 1 aromatic carbocycles. The highest BCUT2D eigenvalue weighted by molar-refractivity contribution is 7.89. The number of carbonyl (C=O) groups is 1. The van der Waals surface area contributed by atoms with Crippen LogP contribution in [0.2, 0.25) is 0 Å². The van der Waals surface area contributed by atoms with E-state index in [9.17, 15) is 13.2 Å². The molecule has 27 heavy (non-hydrogen) atoms. The molecule has 2 N–H and O–H groups in total. The lowest BCUT2D eigenvalue weighted by Gasteiger charge is -2.32. The van der Waals surface area contributed by atoms with Crippen LogP contribution in [0.1, 0.15) is 28.1 Å². The van der Waals surface area contributed by atoms with Gasteiger partial charge in [0.2, 0.25) is 10.0 Å². The molecule has 3 rings (SSSR count). The van der Waals surface area contributed by atoms with E-state index in [1.54, 1.807) is 11.3 Å². The fourth-order valence-corrected chi connectivity index (χ4v) is 5.42. The fraction of sp³-hybridized carbons (Fsp3) is 0.389. The van der Waals surface area contributed by atoms with Crippen molar-refractivity contribution in [2.45, 2.75) is 30.3 Å². The Labute approximate surface area is 162 Å². The molecule has 1 aliphatic rings. The van der Waals surface area contributed by atoms with E-state index in [2.05, 4.69) is 15.7 Å². The van der Waals surface area contributed by atoms with Crippen LogP contribution in [0.3, 0.4) is 0 Å². The van der Waals surface area contributed by atoms with Crippen molar-refractivity contribution < 1.29 is 23.1 Å². The van der Waals surface area contributed by atoms with Gasteiger partial charge in [0.1, 0.15) is 10.6 Å². The minimum absolute atomic E-state index is 0.0980. The smallest absolute Gasteiger partial charge is 0.335 e. The van der Waals surface area contributed by atoms with Gasteiger partial charge in [0.05, 0.1) is 12.7 Å². The van der Waals surface area contributed by atoms with Crippen molar-refractivity contribution in [3.8, 4) is 5.75 Å². The molecule has 9 heteroatoms. The number of carboxylic acid groups (broad SMARTS) is 1. The second-order valence-electron chi connectivity index (χ2n) is 6.45. The third kappa shape index (κ3) is 4.86. The molecule has 1 fully saturated rings. The topological polar surface area (TPSA) is 95.9 Å². The summed E-state index contributed by atoms with van der Waals surface area (Å²) < 4.78 is 33.6. The van der Waals surface area contributed by atoms with Crippen molar-refractivity contribution >= 4 is 27.3 Å². The van der Waals surface area contributed by atoms with E-state index in [-0.39, 0.29) is 22.3 Å². The molecule has 0 spiro atoms. The summed E-state index contributed by atoms with van der Waals surface area (Å²) >= 11 is 1.68. The summed E-state index contributed by atoms with van der Waals surface area (Å²) in [5, 5.41) is 11.2. The van der Waals surface area contributed by atoms with Gasteiger partial charge in [0.15, 0.2) is 0 Å². The van der Waals surface area contributed by atoms with E-state index in [4.69, 9.17) is 9.84 Å². The maximum Gasteiger partial charge on any atom is 0.335 e. The van der Waals surface area contributed by atoms with Crippen molar-refractivity contribution in [3.63, 3.8) is 0 Å². The van der Waals surface area contributed by atoms with Gasteiger partial charge in [0, 0.05) is 24.0 Å². The Morgan fingerprint density at radius 3 is 2.89 bits per heavy atom. The number of piperidine rings is 1. The molecule has 2 heterocycles. The highest BCUT2D eigenvalue weighted by atomic mass is 32.2. The highest BCUT2D eigenvalue weighted by Crippen LogP contribution is 2.26. The molecule has 0 bridgehead atoms. The van der Waals surface area contributed by atoms with Crippen LogP contribution in [0, 0.1) is 0 Å². The van der Waals surface area contributed by atoms with E-state index in [0.717, 1.165) is 32.0 Å². The zero-order valence-corrected chi connectivity index (χ0v) is 16.6. The Kier molecular flexibility index (Phi) is 6.15. The Bertz CT molecular complexity index is 896. The summed E-state index contributed by atoms with van der Waals surface area (Å²) in [4.78, 5) is 14.5. The summed E-state index contributed by atoms with van der Waals surface area (Å²) in [5.41, 5.74) is -0.0980. The number of nitrogens with zero attached hydrogens (tertiary/aromatic N) is 1. The van der Waals surface area contributed by atoms with E-state index in [1.807, 2.05) is 11.4 Å². The first-order chi connectivity index (χ1) is 12.9. The molecule has 7 nitrogen and oxygen atoms in total. The lowest BCUT2D eigenvalue weighted by atomic mass is 10.1. The van der Waals surface area contributed by atoms with Crippen LogP contribution in [0.25, 0.3) is 0 Å². The number of aromatic carboxylic acids is 1. The zero-order valence-electron chi connectivity index (χ0n) is 14.9. The molecule has 0 saturated carbocycles. The van der Waals surface area contributed by atoms with Crippen molar-refractivity contribution in [3.05, 3.63) is 46.2 Å². The van der Waals surface area contributed by atoms with Gasteiger partial charge in [-0.2, -0.15) is 0 Å². The number of hydrogen-bond donors (Lipinski definition) is 2. The first kappa shape index (κ1) is 19.8. The van der Waals surface area contributed by atoms with Gasteiger partial charge >= 0.3 is 5.97 Å². The van der Waals surface area contributed by atoms with Crippen LogP contribution in [0.5, 0.6) is 5.75 Å². The monoisotopic (exact) mass is 410 g/mol. The first-order valence-electron chi connectivity index (χ1n) is 8.57. The molecule has 1 aliphatic heterocycles. The minimum Gasteiger partial charge on any atom is -0.495 e. The third-order valence-corrected chi connectivity index (χ3v) is 6.89. The van der Waals surface area contributed by atoms with Crippen LogP contribution >= 0.6 is 11.3 Å². The number of nitrogens with one attached hydrogen (secondary N) is 1. The van der Waals surface area contributed by atoms with Gasteiger partial charge in [-0.25, -0.2) is 17.9 Å². The summed E-state index contributed by atoms with van der Waals surface area (Å²) in [6, 6.07) is 7.66. The molecule has 0 amide bonds. The van der Waals surface area contributed by atoms with Crippen molar-refractivity contribution in [1.29, 1.82) is 0 Å². The standard InChI is InChI=1S/C18H22N2O5S2/c1-25-16-7-6-13(18(21)22)10-17(16)27(23,24)19-14-4-2-8-20(11-14)12-15-5-3-9-26-15/h3,5-7,9-10,14,19H,2,4,8,11-12H2,1H3,(H,21,22)/t14-/m1/s1. The molecular weight excluding hydrogens is 388 g/mol. The van der Waals surface area contributed by atoms with E-state index < -0.39 is 16.0 Å². The molecule has 146 valence electrons. The summed E-state index contributed by atoms with van der Waals surface area (Å²) in [6.45, 7) is 2.33. The van der Waals surface area contributed by atoms with E-state index >= 15 is 0 Å². The molecule has 0 aliphatic carbocycles. The number of likely N-dealkylation sites (tertiary alicyclic amines) is 1. The number of methoxy groups -OCH3 is 1. The Balaban J connectivity index is 1.75. The second kappa shape index (κ2) is 8.39. The van der Waals surface area contributed by atoms with E-state index in [0.29, 0.717) is 6.54 Å². The fourth-order valence-electron chi connectivity index (χ4n) is 3.22. The summed E-state index contributed by atoms with van der Waals surface area (Å²) in [7, 11) is -2.55. The van der Waals surface area contributed by atoms with Gasteiger partial charge in [0.25, 0.3) is 0 Å². The van der Waals surface area contributed by atoms with Gasteiger partial charge in [-0.1, -0.05) is 6.07 Å². The maximum absolute atomic E-state index is 12.9. The van der Waals surface area contributed by atoms with Gasteiger partial charge in [-0.05, 0) is 49.0 Å². The van der Waals surface area contributed by atoms with Gasteiger partial charge in [-0.3, -0.25) is 4.90 Å². The molecule has 2 aromatic rings. The minimum atomic E-state index is -3.91. The number of hydrogen-bond acceptors (Lipinski definition) is 6. The number of sulfonamides is 1. The number of benzene rings is 1. The lowest BCUT2D eigenvalue weighted by Crippen LogP contribution is -2.47. The summed E-state index contributed by atoms with van der Waals surface area (Å²) in [5.74, 6) is -1.06. The summed E-state index contributed by atoms with van der Waals surface area (Å²) in [6.07, 6.45) is 1.63. The average Bonchev–Trinajstić information content (AvgIpc) is 3.14. The molecule has 1 atom stereocenters. The number of ether oxygens (including phenoxy) is 1. The van der Waals surface area contributed by atoms with Crippen molar-refractivity contribution in [2.75, 3.05) is 20.2 Å². The molecule has 1 saturated heterocycles. The SMILES string of the molecule is COc1ccc(C(=O)O)cc1S(=O)(=O)N[C@@H]1CCCN(Cc2cccs2)C1. The normalized spacial score (nSPS) is 18.3. The van der Waals surface area contributed by atoms with Crippen LogP contribution in [0.4, 0.5) is 0 Å². The quantitative estimate of drug-likeness (QED) is 0.728. The largest absolute Gasteiger partial charge is 0.495 e. The number of carboxylic acids is 1. The molecular formula is C18H22N2O5S2. The third-order valence-electron chi connectivity index (χ3n) is 4.49. The lowest BCUT2D eigenvalue weighted by molar-refractivity contribution is 0.0696. The molecule has 0 radical (unpaired) electrons. The van der Waals surface area contributed by atoms with Crippen molar-refractivity contribution in [1.82, 2.24) is 9.62 Å². The molecule has 0 unspecified atom stereocenters. The van der Waals surface area contributed by atoms with Crippen LogP contribution in [-0.4, -0.2) is 50.6 Å². The predicted molar refractivity (Wildman–Crippen MR) is 103 cm³/mol. The average molecular weight is 411 g/mol. The Morgan fingerprint density at radius 1 is 1.41 bits per heavy atom. The number of thiophene rings is 1. The van der Waals surface area contributed by atoms with Crippen LogP contribution in [-0.2, 0) is 16.6 Å². The molecule has 1 aromatic heterocycles. The van der Waals surface area contributed by atoms with Crippen molar-refractivity contribution in [2.24, 2.45) is 0 Å². The van der Waals surface area contributed by atoms with Crippen LogP contribution < -0.4 is 9.46 Å². The second-order valence-corrected chi connectivity index (χ2v) is 9.16. The number of rotatable bonds is 7. The zero-order chi connectivity index (χ0) is 19.4. The van der Waals surface area contributed by atoms with Gasteiger partial charge in [-0.15, -0.1) is 11.3 Å². The Morgan fingerprint density at radius 2 is 2.22 bits per heavy atom. The Hall–Kier alpha value is -1.94. The van der Waals surface area contributed by atoms with E-state index in [1.165, 1.54) is 24.1 Å². The predicted octanol–water partition coefficient (Wildman–Crippen LogP) is 2.40. The highest BCUT2D eigenvalue weighted by Gasteiger charge is 2.28. The van der Waals surface area contributed by atoms with Crippen LogP contribution in [0.15, 0.2) is 40.6 Å².